The normalized spacial score (nSPS) is 14.9. The van der Waals surface area contributed by atoms with Crippen LogP contribution in [0.4, 0.5) is 13.6 Å². The summed E-state index contributed by atoms with van der Waals surface area (Å²) in [4.78, 5) is 27.9. The van der Waals surface area contributed by atoms with Crippen molar-refractivity contribution >= 4 is 23.0 Å². The van der Waals surface area contributed by atoms with Gasteiger partial charge in [0.2, 0.25) is 0 Å². The first-order valence-electron chi connectivity index (χ1n) is 12.3. The van der Waals surface area contributed by atoms with Crippen molar-refractivity contribution in [2.75, 3.05) is 19.6 Å². The number of carbonyl (C=O) groups is 2. The molecule has 0 saturated carbocycles. The molecule has 0 radical (unpaired) electrons. The Hall–Kier alpha value is -4.85. The standard InChI is InChI=1S/C28H24F2N6O3/c1-3-36(28(38)39)19-8-9-35(15-19)27(37)17-6-7-20(21(10-17)16-4-5-18(14-31)23(29)11-16)22-12-25-26(13-24(22)30)34(2)33-32-25/h4-7,10-13,19H,3,8-9,15H2,1-2H3,(H,38,39). The van der Waals surface area contributed by atoms with Gasteiger partial charge < -0.3 is 14.9 Å². The zero-order chi connectivity index (χ0) is 27.8. The summed E-state index contributed by atoms with van der Waals surface area (Å²) in [6, 6.07) is 13.2. The third kappa shape index (κ3) is 4.65. The number of benzene rings is 3. The van der Waals surface area contributed by atoms with Gasteiger partial charge in [-0.15, -0.1) is 5.10 Å². The predicted molar refractivity (Wildman–Crippen MR) is 139 cm³/mol. The number of amides is 2. The van der Waals surface area contributed by atoms with Crippen LogP contribution < -0.4 is 0 Å². The fourth-order valence-electron chi connectivity index (χ4n) is 5.10. The highest BCUT2D eigenvalue weighted by molar-refractivity contribution is 5.98. The number of rotatable bonds is 5. The molecule has 11 heteroatoms. The van der Waals surface area contributed by atoms with Crippen LogP contribution in [0.5, 0.6) is 0 Å². The Morgan fingerprint density at radius 1 is 1.10 bits per heavy atom. The molecule has 1 aliphatic rings. The minimum atomic E-state index is -1.03. The number of hydrogen-bond donors (Lipinski definition) is 1. The monoisotopic (exact) mass is 530 g/mol. The lowest BCUT2D eigenvalue weighted by Gasteiger charge is -2.25. The molecule has 1 atom stereocenters. The van der Waals surface area contributed by atoms with Gasteiger partial charge in [-0.2, -0.15) is 5.26 Å². The van der Waals surface area contributed by atoms with Crippen molar-refractivity contribution in [1.82, 2.24) is 24.8 Å². The summed E-state index contributed by atoms with van der Waals surface area (Å²) in [5.74, 6) is -1.60. The summed E-state index contributed by atoms with van der Waals surface area (Å²) < 4.78 is 31.5. The molecule has 5 rings (SSSR count). The number of likely N-dealkylation sites (tertiary alicyclic amines) is 1. The van der Waals surface area contributed by atoms with Crippen molar-refractivity contribution in [2.24, 2.45) is 7.05 Å². The Labute approximate surface area is 222 Å². The summed E-state index contributed by atoms with van der Waals surface area (Å²) in [5, 5.41) is 26.6. The van der Waals surface area contributed by atoms with Crippen molar-refractivity contribution in [3.63, 3.8) is 0 Å². The molecule has 3 aromatic carbocycles. The van der Waals surface area contributed by atoms with Gasteiger partial charge in [-0.25, -0.2) is 18.3 Å². The van der Waals surface area contributed by atoms with E-state index in [-0.39, 0.29) is 29.6 Å². The molecule has 2 amide bonds. The van der Waals surface area contributed by atoms with Crippen LogP contribution >= 0.6 is 0 Å². The van der Waals surface area contributed by atoms with Crippen LogP contribution in [0.25, 0.3) is 33.3 Å². The highest BCUT2D eigenvalue weighted by Gasteiger charge is 2.33. The molecule has 1 saturated heterocycles. The minimum Gasteiger partial charge on any atom is -0.465 e. The molecular formula is C28H24F2N6O3. The van der Waals surface area contributed by atoms with Crippen LogP contribution in [0.2, 0.25) is 0 Å². The number of hydrogen-bond acceptors (Lipinski definition) is 5. The van der Waals surface area contributed by atoms with Gasteiger partial charge in [-0.3, -0.25) is 4.79 Å². The lowest BCUT2D eigenvalue weighted by atomic mass is 9.91. The van der Waals surface area contributed by atoms with E-state index in [2.05, 4.69) is 10.3 Å². The number of aryl methyl sites for hydroxylation is 1. The van der Waals surface area contributed by atoms with E-state index in [9.17, 15) is 19.1 Å². The second kappa shape index (κ2) is 10.1. The summed E-state index contributed by atoms with van der Waals surface area (Å²) >= 11 is 0. The fourth-order valence-corrected chi connectivity index (χ4v) is 5.10. The Balaban J connectivity index is 1.58. The molecule has 0 aliphatic carbocycles. The molecule has 1 aliphatic heterocycles. The van der Waals surface area contributed by atoms with Gasteiger partial charge >= 0.3 is 6.09 Å². The van der Waals surface area contributed by atoms with Gasteiger partial charge in [0, 0.05) is 43.9 Å². The third-order valence-corrected chi connectivity index (χ3v) is 7.13. The largest absolute Gasteiger partial charge is 0.465 e. The SMILES string of the molecule is CCN(C(=O)O)C1CCN(C(=O)c2ccc(-c3cc4nnn(C)c4cc3F)c(-c3ccc(C#N)c(F)c3)c2)C1. The molecule has 0 bridgehead atoms. The molecule has 198 valence electrons. The van der Waals surface area contributed by atoms with E-state index in [1.54, 1.807) is 55.3 Å². The van der Waals surface area contributed by atoms with Gasteiger partial charge in [0.1, 0.15) is 23.2 Å². The van der Waals surface area contributed by atoms with Crippen molar-refractivity contribution < 1.29 is 23.5 Å². The van der Waals surface area contributed by atoms with E-state index < -0.39 is 17.7 Å². The van der Waals surface area contributed by atoms with E-state index in [4.69, 9.17) is 5.26 Å². The second-order valence-electron chi connectivity index (χ2n) is 9.36. The van der Waals surface area contributed by atoms with Crippen molar-refractivity contribution in [3.8, 4) is 28.3 Å². The quantitative estimate of drug-likeness (QED) is 0.401. The molecule has 39 heavy (non-hydrogen) atoms. The molecule has 0 spiro atoms. The van der Waals surface area contributed by atoms with Gasteiger partial charge in [0.15, 0.2) is 0 Å². The van der Waals surface area contributed by atoms with Crippen molar-refractivity contribution in [2.45, 2.75) is 19.4 Å². The number of likely N-dealkylation sites (N-methyl/N-ethyl adjacent to an activating group) is 1. The Kier molecular flexibility index (Phi) is 6.70. The Bertz CT molecular complexity index is 1660. The number of carbonyl (C=O) groups excluding carboxylic acids is 1. The molecular weight excluding hydrogens is 506 g/mol. The zero-order valence-corrected chi connectivity index (χ0v) is 21.2. The van der Waals surface area contributed by atoms with Gasteiger partial charge in [-0.1, -0.05) is 17.3 Å². The van der Waals surface area contributed by atoms with E-state index in [1.165, 1.54) is 27.8 Å². The maximum absolute atomic E-state index is 15.4. The first-order chi connectivity index (χ1) is 18.7. The summed E-state index contributed by atoms with van der Waals surface area (Å²) in [6.07, 6.45) is -0.519. The lowest BCUT2D eigenvalue weighted by molar-refractivity contribution is 0.0772. The molecule has 2 heterocycles. The molecule has 9 nitrogen and oxygen atoms in total. The van der Waals surface area contributed by atoms with E-state index >= 15 is 4.39 Å². The first kappa shape index (κ1) is 25.8. The highest BCUT2D eigenvalue weighted by atomic mass is 19.1. The number of nitriles is 1. The maximum Gasteiger partial charge on any atom is 0.407 e. The second-order valence-corrected chi connectivity index (χ2v) is 9.36. The van der Waals surface area contributed by atoms with E-state index in [0.717, 1.165) is 0 Å². The molecule has 1 aromatic heterocycles. The van der Waals surface area contributed by atoms with Crippen LogP contribution in [-0.4, -0.2) is 67.6 Å². The predicted octanol–water partition coefficient (Wildman–Crippen LogP) is 4.67. The maximum atomic E-state index is 15.4. The van der Waals surface area contributed by atoms with E-state index in [1.807, 2.05) is 0 Å². The van der Waals surface area contributed by atoms with Gasteiger partial charge in [-0.05, 0) is 60.4 Å². The van der Waals surface area contributed by atoms with Gasteiger partial charge in [0.25, 0.3) is 5.91 Å². The van der Waals surface area contributed by atoms with Crippen LogP contribution in [0.3, 0.4) is 0 Å². The number of fused-ring (bicyclic) bond motifs is 1. The summed E-state index contributed by atoms with van der Waals surface area (Å²) in [5.41, 5.74) is 2.47. The van der Waals surface area contributed by atoms with Crippen LogP contribution in [-0.2, 0) is 7.05 Å². The number of aromatic nitrogens is 3. The van der Waals surface area contributed by atoms with E-state index in [0.29, 0.717) is 52.8 Å². The first-order valence-corrected chi connectivity index (χ1v) is 12.3. The van der Waals surface area contributed by atoms with Crippen molar-refractivity contribution in [1.29, 1.82) is 5.26 Å². The Morgan fingerprint density at radius 2 is 1.90 bits per heavy atom. The molecule has 1 N–H and O–H groups in total. The molecule has 1 unspecified atom stereocenters. The number of carboxylic acid groups (broad SMARTS) is 1. The topological polar surface area (TPSA) is 115 Å². The number of nitrogens with zero attached hydrogens (tertiary/aromatic N) is 6. The van der Waals surface area contributed by atoms with Crippen LogP contribution in [0, 0.1) is 23.0 Å². The lowest BCUT2D eigenvalue weighted by Crippen LogP contribution is -2.41. The smallest absolute Gasteiger partial charge is 0.407 e. The highest BCUT2D eigenvalue weighted by Crippen LogP contribution is 2.37. The average molecular weight is 531 g/mol. The molecule has 1 fully saturated rings. The zero-order valence-electron chi connectivity index (χ0n) is 21.2. The van der Waals surface area contributed by atoms with Crippen molar-refractivity contribution in [3.05, 3.63) is 71.3 Å². The minimum absolute atomic E-state index is 0.137. The van der Waals surface area contributed by atoms with Gasteiger partial charge in [0.05, 0.1) is 17.1 Å². The summed E-state index contributed by atoms with van der Waals surface area (Å²) in [6.45, 7) is 2.69. The summed E-state index contributed by atoms with van der Waals surface area (Å²) in [7, 11) is 1.65. The molecule has 4 aromatic rings. The third-order valence-electron chi connectivity index (χ3n) is 7.13. The van der Waals surface area contributed by atoms with Crippen LogP contribution in [0.1, 0.15) is 29.3 Å². The van der Waals surface area contributed by atoms with Crippen LogP contribution in [0.15, 0.2) is 48.5 Å². The Morgan fingerprint density at radius 3 is 2.59 bits per heavy atom. The number of halogens is 2. The fraction of sp³-hybridized carbons (Fsp3) is 0.250. The average Bonchev–Trinajstić information content (AvgIpc) is 3.55.